The van der Waals surface area contributed by atoms with Crippen molar-refractivity contribution in [2.45, 2.75) is 12.6 Å². The van der Waals surface area contributed by atoms with Crippen molar-refractivity contribution in [3.8, 4) is 0 Å². The van der Waals surface area contributed by atoms with Crippen molar-refractivity contribution in [3.63, 3.8) is 0 Å². The van der Waals surface area contributed by atoms with Crippen LogP contribution in [-0.4, -0.2) is 42.5 Å². The molecule has 18 heavy (non-hydrogen) atoms. The topological polar surface area (TPSA) is 44.4 Å². The highest BCUT2D eigenvalue weighted by Gasteiger charge is 2.37. The first-order valence-corrected chi connectivity index (χ1v) is 6.28. The molecule has 0 aromatic heterocycles. The maximum Gasteiger partial charge on any atom is 0.170 e. The Balaban J connectivity index is 2.18. The molecule has 0 spiro atoms. The number of ketones is 1. The van der Waals surface area contributed by atoms with E-state index in [2.05, 4.69) is 22.5 Å². The quantitative estimate of drug-likeness (QED) is 0.836. The van der Waals surface area contributed by atoms with Gasteiger partial charge in [-0.15, -0.1) is 0 Å². The van der Waals surface area contributed by atoms with Crippen LogP contribution < -0.4 is 10.6 Å². The number of carbonyl (C=O) groups excluding carboxylic acids is 1. The van der Waals surface area contributed by atoms with E-state index in [1.807, 2.05) is 30.3 Å². The summed E-state index contributed by atoms with van der Waals surface area (Å²) in [5.41, 5.74) is 0.0462. The zero-order valence-corrected chi connectivity index (χ0v) is 10.8. The highest BCUT2D eigenvalue weighted by molar-refractivity contribution is 5.89. The van der Waals surface area contributed by atoms with Crippen LogP contribution in [0.4, 0.5) is 5.69 Å². The van der Waals surface area contributed by atoms with Crippen LogP contribution in [-0.2, 0) is 4.79 Å². The van der Waals surface area contributed by atoms with Crippen molar-refractivity contribution in [1.82, 2.24) is 10.2 Å². The van der Waals surface area contributed by atoms with Crippen LogP contribution in [0.25, 0.3) is 0 Å². The molecule has 2 rings (SSSR count). The van der Waals surface area contributed by atoms with Gasteiger partial charge < -0.3 is 10.6 Å². The number of nitrogens with one attached hydrogen (secondary N) is 2. The van der Waals surface area contributed by atoms with Crippen molar-refractivity contribution in [2.75, 3.05) is 31.5 Å². The van der Waals surface area contributed by atoms with Gasteiger partial charge in [0, 0.05) is 31.9 Å². The maximum absolute atomic E-state index is 12.0. The number of anilines is 1. The molecule has 1 atom stereocenters. The summed E-state index contributed by atoms with van der Waals surface area (Å²) in [6, 6.07) is 9.74. The molecule has 1 fully saturated rings. The Kier molecular flexibility index (Phi) is 3.99. The lowest BCUT2D eigenvalue weighted by Gasteiger charge is -2.42. The number of Topliss-reactive ketones (excluding diaryl/α,β-unsaturated/α-hetero) is 1. The Bertz CT molecular complexity index is 401. The first kappa shape index (κ1) is 13.1. The first-order chi connectivity index (χ1) is 8.63. The number of hydrogen-bond donors (Lipinski definition) is 2. The molecule has 4 heteroatoms. The summed E-state index contributed by atoms with van der Waals surface area (Å²) >= 11 is 0. The largest absolute Gasteiger partial charge is 0.361 e. The van der Waals surface area contributed by atoms with Crippen molar-refractivity contribution in [1.29, 1.82) is 0 Å². The van der Waals surface area contributed by atoms with E-state index in [1.54, 1.807) is 6.92 Å². The van der Waals surface area contributed by atoms with Crippen LogP contribution in [0.3, 0.4) is 0 Å². The average Bonchev–Trinajstić information content (AvgIpc) is 2.40. The van der Waals surface area contributed by atoms with E-state index in [-0.39, 0.29) is 5.78 Å². The second kappa shape index (κ2) is 5.50. The molecule has 1 aromatic carbocycles. The predicted molar refractivity (Wildman–Crippen MR) is 73.3 cm³/mol. The van der Waals surface area contributed by atoms with E-state index in [4.69, 9.17) is 0 Å². The standard InChI is InChI=1S/C14H20N3O/c1-12(18)14(2,17-10-8-15-9-11-17)16-13-6-4-3-5-7-13/h3-7,15-16H,2,8-11H2,1H3. The highest BCUT2D eigenvalue weighted by atomic mass is 16.1. The summed E-state index contributed by atoms with van der Waals surface area (Å²) in [5.74, 6) is 0.0354. The third-order valence-electron chi connectivity index (χ3n) is 3.36. The predicted octanol–water partition coefficient (Wildman–Crippen LogP) is 1.12. The van der Waals surface area contributed by atoms with Gasteiger partial charge in [-0.3, -0.25) is 9.69 Å². The van der Waals surface area contributed by atoms with Gasteiger partial charge in [-0.2, -0.15) is 0 Å². The summed E-state index contributed by atoms with van der Waals surface area (Å²) < 4.78 is 0. The third kappa shape index (κ3) is 2.71. The molecule has 1 heterocycles. The van der Waals surface area contributed by atoms with Gasteiger partial charge in [-0.1, -0.05) is 18.2 Å². The van der Waals surface area contributed by atoms with Gasteiger partial charge in [0.1, 0.15) is 0 Å². The number of piperazine rings is 1. The molecule has 2 N–H and O–H groups in total. The molecule has 1 aliphatic heterocycles. The van der Waals surface area contributed by atoms with Crippen molar-refractivity contribution >= 4 is 11.5 Å². The molecular formula is C14H20N3O. The second-order valence-electron chi connectivity index (χ2n) is 4.64. The monoisotopic (exact) mass is 246 g/mol. The number of carbonyl (C=O) groups is 1. The van der Waals surface area contributed by atoms with E-state index in [0.717, 1.165) is 31.9 Å². The Labute approximate surface area is 108 Å². The first-order valence-electron chi connectivity index (χ1n) is 6.28. The number of nitrogens with zero attached hydrogens (tertiary/aromatic N) is 1. The van der Waals surface area contributed by atoms with Crippen LogP contribution >= 0.6 is 0 Å². The number of rotatable bonds is 4. The van der Waals surface area contributed by atoms with E-state index in [1.165, 1.54) is 0 Å². The molecule has 0 bridgehead atoms. The summed E-state index contributed by atoms with van der Waals surface area (Å²) in [6.45, 7) is 9.14. The molecular weight excluding hydrogens is 226 g/mol. The SMILES string of the molecule is [CH2]C(Nc1ccccc1)(C(C)=O)N1CCNCC1. The molecule has 1 unspecified atom stereocenters. The minimum absolute atomic E-state index is 0.0354. The van der Waals surface area contributed by atoms with Gasteiger partial charge in [-0.05, 0) is 26.0 Å². The third-order valence-corrected chi connectivity index (χ3v) is 3.36. The fraction of sp³-hybridized carbons (Fsp3) is 0.429. The van der Waals surface area contributed by atoms with Crippen LogP contribution in [0.1, 0.15) is 6.92 Å². The fourth-order valence-corrected chi connectivity index (χ4v) is 2.20. The normalized spacial score (nSPS) is 20.1. The molecule has 0 amide bonds. The molecule has 1 aliphatic rings. The zero-order chi connectivity index (χ0) is 13.0. The van der Waals surface area contributed by atoms with E-state index < -0.39 is 5.66 Å². The number of para-hydroxylation sites is 1. The van der Waals surface area contributed by atoms with Crippen LogP contribution in [0.15, 0.2) is 30.3 Å². The zero-order valence-electron chi connectivity index (χ0n) is 10.8. The minimum atomic E-state index is -0.872. The van der Waals surface area contributed by atoms with Gasteiger partial charge in [0.05, 0.1) is 0 Å². The Morgan fingerprint density at radius 1 is 1.33 bits per heavy atom. The smallest absolute Gasteiger partial charge is 0.170 e. The molecule has 97 valence electrons. The number of hydrogen-bond acceptors (Lipinski definition) is 4. The maximum atomic E-state index is 12.0. The average molecular weight is 246 g/mol. The van der Waals surface area contributed by atoms with Crippen molar-refractivity contribution in [3.05, 3.63) is 37.3 Å². The molecule has 1 aromatic rings. The summed E-state index contributed by atoms with van der Waals surface area (Å²) in [7, 11) is 0. The van der Waals surface area contributed by atoms with Crippen molar-refractivity contribution < 1.29 is 4.79 Å². The van der Waals surface area contributed by atoms with E-state index in [0.29, 0.717) is 0 Å². The minimum Gasteiger partial charge on any atom is -0.361 e. The molecule has 0 saturated carbocycles. The van der Waals surface area contributed by atoms with Crippen LogP contribution in [0, 0.1) is 6.92 Å². The number of benzene rings is 1. The Morgan fingerprint density at radius 2 is 1.94 bits per heavy atom. The molecule has 1 radical (unpaired) electrons. The van der Waals surface area contributed by atoms with Crippen molar-refractivity contribution in [2.24, 2.45) is 0 Å². The lowest BCUT2D eigenvalue weighted by molar-refractivity contribution is -0.125. The van der Waals surface area contributed by atoms with Crippen LogP contribution in [0.5, 0.6) is 0 Å². The lowest BCUT2D eigenvalue weighted by atomic mass is 10.0. The summed E-state index contributed by atoms with van der Waals surface area (Å²) in [4.78, 5) is 14.1. The fourth-order valence-electron chi connectivity index (χ4n) is 2.20. The second-order valence-corrected chi connectivity index (χ2v) is 4.64. The van der Waals surface area contributed by atoms with E-state index >= 15 is 0 Å². The summed E-state index contributed by atoms with van der Waals surface area (Å²) in [5, 5.41) is 6.54. The Hall–Kier alpha value is -1.39. The van der Waals surface area contributed by atoms with Gasteiger partial charge in [-0.25, -0.2) is 0 Å². The van der Waals surface area contributed by atoms with Gasteiger partial charge >= 0.3 is 0 Å². The summed E-state index contributed by atoms with van der Waals surface area (Å²) in [6.07, 6.45) is 0. The van der Waals surface area contributed by atoms with E-state index in [9.17, 15) is 4.79 Å². The van der Waals surface area contributed by atoms with Gasteiger partial charge in [0.25, 0.3) is 0 Å². The molecule has 4 nitrogen and oxygen atoms in total. The Morgan fingerprint density at radius 3 is 2.50 bits per heavy atom. The van der Waals surface area contributed by atoms with Gasteiger partial charge in [0.15, 0.2) is 11.4 Å². The lowest BCUT2D eigenvalue weighted by Crippen LogP contribution is -2.62. The van der Waals surface area contributed by atoms with Crippen LogP contribution in [0.2, 0.25) is 0 Å². The molecule has 0 aliphatic carbocycles. The highest BCUT2D eigenvalue weighted by Crippen LogP contribution is 2.20. The molecule has 1 saturated heterocycles. The van der Waals surface area contributed by atoms with Gasteiger partial charge in [0.2, 0.25) is 0 Å².